The van der Waals surface area contributed by atoms with Gasteiger partial charge in [-0.25, -0.2) is 4.79 Å². The van der Waals surface area contributed by atoms with Gasteiger partial charge >= 0.3 is 6.03 Å². The maximum absolute atomic E-state index is 13.1. The number of aryl methyl sites for hydroxylation is 1. The smallest absolute Gasteiger partial charge is 0.322 e. The summed E-state index contributed by atoms with van der Waals surface area (Å²) in [7, 11) is 0. The molecule has 1 N–H and O–H groups in total. The largest absolute Gasteiger partial charge is 0.494 e. The van der Waals surface area contributed by atoms with Gasteiger partial charge in [0.1, 0.15) is 11.5 Å². The van der Waals surface area contributed by atoms with Crippen LogP contribution in [-0.2, 0) is 6.54 Å². The number of ether oxygens (including phenoxy) is 1. The van der Waals surface area contributed by atoms with Gasteiger partial charge in [-0.2, -0.15) is 4.98 Å². The monoisotopic (exact) mass is 470 g/mol. The maximum Gasteiger partial charge on any atom is 0.322 e. The van der Waals surface area contributed by atoms with Crippen LogP contribution in [0.4, 0.5) is 4.79 Å². The number of aromatic nitrogens is 2. The number of rotatable bonds is 7. The molecule has 2 amide bonds. The molecule has 5 rings (SSSR count). The number of allylic oxidation sites excluding steroid dienone is 1. The first-order chi connectivity index (χ1) is 17.0. The Kier molecular flexibility index (Phi) is 6.10. The molecule has 8 heteroatoms. The Morgan fingerprint density at radius 2 is 1.83 bits per heavy atom. The summed E-state index contributed by atoms with van der Waals surface area (Å²) in [4.78, 5) is 19.5. The molecule has 0 saturated heterocycles. The molecule has 35 heavy (non-hydrogen) atoms. The first kappa shape index (κ1) is 22.5. The molecule has 0 bridgehead atoms. The summed E-state index contributed by atoms with van der Waals surface area (Å²) in [6.45, 7) is 6.74. The van der Waals surface area contributed by atoms with E-state index in [-0.39, 0.29) is 12.6 Å². The summed E-state index contributed by atoms with van der Waals surface area (Å²) >= 11 is 0. The molecular formula is C27H26N4O4. The fourth-order valence-electron chi connectivity index (χ4n) is 4.13. The van der Waals surface area contributed by atoms with Crippen molar-refractivity contribution in [3.05, 3.63) is 95.4 Å². The van der Waals surface area contributed by atoms with Gasteiger partial charge in [-0.1, -0.05) is 35.0 Å². The molecule has 8 nitrogen and oxygen atoms in total. The number of carbonyl (C=O) groups excluding carboxylic acids is 1. The second-order valence-electron chi connectivity index (χ2n) is 8.34. The summed E-state index contributed by atoms with van der Waals surface area (Å²) < 4.78 is 16.8. The summed E-state index contributed by atoms with van der Waals surface area (Å²) in [5.74, 6) is 2.26. The number of hydrogen-bond acceptors (Lipinski definition) is 6. The van der Waals surface area contributed by atoms with Gasteiger partial charge in [0.05, 0.1) is 31.0 Å². The van der Waals surface area contributed by atoms with Crippen LogP contribution in [0.15, 0.2) is 81.6 Å². The van der Waals surface area contributed by atoms with E-state index in [0.29, 0.717) is 24.1 Å². The Hall–Kier alpha value is -4.33. The lowest BCUT2D eigenvalue weighted by Crippen LogP contribution is -2.45. The van der Waals surface area contributed by atoms with Crippen LogP contribution in [-0.4, -0.2) is 27.7 Å². The molecule has 1 atom stereocenters. The van der Waals surface area contributed by atoms with Crippen molar-refractivity contribution in [1.82, 2.24) is 20.4 Å². The van der Waals surface area contributed by atoms with E-state index in [9.17, 15) is 4.79 Å². The van der Waals surface area contributed by atoms with Gasteiger partial charge in [-0.05, 0) is 62.7 Å². The molecule has 0 spiro atoms. The Balaban J connectivity index is 1.55. The highest BCUT2D eigenvalue weighted by atomic mass is 16.5. The quantitative estimate of drug-likeness (QED) is 0.370. The van der Waals surface area contributed by atoms with E-state index >= 15 is 0 Å². The lowest BCUT2D eigenvalue weighted by Gasteiger charge is -2.34. The first-order valence-electron chi connectivity index (χ1n) is 11.5. The molecule has 2 aromatic heterocycles. The van der Waals surface area contributed by atoms with Crippen LogP contribution < -0.4 is 10.1 Å². The zero-order valence-corrected chi connectivity index (χ0v) is 19.8. The van der Waals surface area contributed by atoms with Crippen molar-refractivity contribution < 1.29 is 18.5 Å². The van der Waals surface area contributed by atoms with Crippen LogP contribution in [0.25, 0.3) is 17.0 Å². The lowest BCUT2D eigenvalue weighted by atomic mass is 9.94. The van der Waals surface area contributed by atoms with E-state index in [1.807, 2.05) is 75.4 Å². The average Bonchev–Trinajstić information content (AvgIpc) is 3.55. The molecular weight excluding hydrogens is 444 g/mol. The number of benzene rings is 2. The summed E-state index contributed by atoms with van der Waals surface area (Å²) in [5.41, 5.74) is 4.33. The third kappa shape index (κ3) is 4.55. The van der Waals surface area contributed by atoms with E-state index in [1.165, 1.54) is 0 Å². The SMILES string of the molecule is CCOc1ccc(-c2noc(C3=C(C)N(Cc4ccco4)C(=O)NC3c3ccc(C)cc3)n2)cc1. The predicted molar refractivity (Wildman–Crippen MR) is 130 cm³/mol. The van der Waals surface area contributed by atoms with Gasteiger partial charge in [0.2, 0.25) is 5.82 Å². The average molecular weight is 471 g/mol. The van der Waals surface area contributed by atoms with Crippen molar-refractivity contribution in [2.45, 2.75) is 33.4 Å². The number of carbonyl (C=O) groups is 1. The number of nitrogens with one attached hydrogen (secondary N) is 1. The van der Waals surface area contributed by atoms with Gasteiger partial charge in [-0.15, -0.1) is 0 Å². The molecule has 3 heterocycles. The van der Waals surface area contributed by atoms with E-state index in [0.717, 1.165) is 33.7 Å². The zero-order chi connectivity index (χ0) is 24.4. The highest BCUT2D eigenvalue weighted by Crippen LogP contribution is 2.38. The highest BCUT2D eigenvalue weighted by molar-refractivity contribution is 5.86. The maximum atomic E-state index is 13.1. The van der Waals surface area contributed by atoms with Crippen molar-refractivity contribution >= 4 is 11.6 Å². The highest BCUT2D eigenvalue weighted by Gasteiger charge is 2.36. The summed E-state index contributed by atoms with van der Waals surface area (Å²) in [5, 5.41) is 7.33. The van der Waals surface area contributed by atoms with Crippen molar-refractivity contribution in [2.75, 3.05) is 6.61 Å². The number of hydrogen-bond donors (Lipinski definition) is 1. The minimum absolute atomic E-state index is 0.223. The molecule has 0 saturated carbocycles. The third-order valence-electron chi connectivity index (χ3n) is 5.98. The van der Waals surface area contributed by atoms with Gasteiger partial charge in [0, 0.05) is 11.3 Å². The minimum atomic E-state index is -0.440. The number of nitrogens with zero attached hydrogens (tertiary/aromatic N) is 3. The second kappa shape index (κ2) is 9.50. The Morgan fingerprint density at radius 1 is 1.06 bits per heavy atom. The topological polar surface area (TPSA) is 93.6 Å². The summed E-state index contributed by atoms with van der Waals surface area (Å²) in [6, 6.07) is 18.5. The first-order valence-corrected chi connectivity index (χ1v) is 11.5. The fraction of sp³-hybridized carbons (Fsp3) is 0.222. The molecule has 1 aliphatic rings. The Labute approximate surface area is 203 Å². The van der Waals surface area contributed by atoms with E-state index in [1.54, 1.807) is 17.2 Å². The predicted octanol–water partition coefficient (Wildman–Crippen LogP) is 5.73. The molecule has 2 aromatic carbocycles. The van der Waals surface area contributed by atoms with Crippen molar-refractivity contribution in [1.29, 1.82) is 0 Å². The second-order valence-corrected chi connectivity index (χ2v) is 8.34. The van der Waals surface area contributed by atoms with Gasteiger partial charge in [-0.3, -0.25) is 4.90 Å². The molecule has 4 aromatic rings. The standard InChI is InChI=1S/C27H26N4O4/c1-4-33-21-13-11-20(12-14-21)25-29-26(35-30-25)23-18(3)31(16-22-6-5-15-34-22)27(32)28-24(23)19-9-7-17(2)8-10-19/h5-15,24H,4,16H2,1-3H3,(H,28,32). The summed E-state index contributed by atoms with van der Waals surface area (Å²) in [6.07, 6.45) is 1.59. The number of urea groups is 1. The van der Waals surface area contributed by atoms with Crippen LogP contribution in [0.5, 0.6) is 5.75 Å². The molecule has 178 valence electrons. The normalized spacial score (nSPS) is 15.9. The molecule has 0 fully saturated rings. The van der Waals surface area contributed by atoms with Crippen molar-refractivity contribution in [3.63, 3.8) is 0 Å². The molecule has 1 aliphatic heterocycles. The fourth-order valence-corrected chi connectivity index (χ4v) is 4.13. The van der Waals surface area contributed by atoms with Crippen LogP contribution in [0.1, 0.15) is 42.7 Å². The third-order valence-corrected chi connectivity index (χ3v) is 5.98. The minimum Gasteiger partial charge on any atom is -0.494 e. The molecule has 0 aliphatic carbocycles. The van der Waals surface area contributed by atoms with Gasteiger partial charge in [0.25, 0.3) is 5.89 Å². The van der Waals surface area contributed by atoms with Crippen molar-refractivity contribution in [2.24, 2.45) is 0 Å². The lowest BCUT2D eigenvalue weighted by molar-refractivity contribution is 0.199. The van der Waals surface area contributed by atoms with Crippen LogP contribution >= 0.6 is 0 Å². The van der Waals surface area contributed by atoms with Crippen LogP contribution in [0, 0.1) is 6.92 Å². The van der Waals surface area contributed by atoms with Crippen LogP contribution in [0.2, 0.25) is 0 Å². The number of furan rings is 1. The van der Waals surface area contributed by atoms with Crippen molar-refractivity contribution in [3.8, 4) is 17.1 Å². The Bertz CT molecular complexity index is 1340. The van der Waals surface area contributed by atoms with E-state index in [4.69, 9.17) is 18.7 Å². The van der Waals surface area contributed by atoms with E-state index in [2.05, 4.69) is 10.5 Å². The molecule has 0 radical (unpaired) electrons. The van der Waals surface area contributed by atoms with Gasteiger partial charge in [0.15, 0.2) is 0 Å². The number of amides is 2. The Morgan fingerprint density at radius 3 is 2.51 bits per heavy atom. The van der Waals surface area contributed by atoms with E-state index < -0.39 is 6.04 Å². The van der Waals surface area contributed by atoms with Gasteiger partial charge < -0.3 is 19.0 Å². The van der Waals surface area contributed by atoms with Crippen LogP contribution in [0.3, 0.4) is 0 Å². The molecule has 1 unspecified atom stereocenters. The zero-order valence-electron chi connectivity index (χ0n) is 19.8.